The summed E-state index contributed by atoms with van der Waals surface area (Å²) in [6.45, 7) is 7.42. The molecule has 0 fully saturated rings. The molecule has 0 spiro atoms. The number of nitrogens with zero attached hydrogens (tertiary/aromatic N) is 1. The summed E-state index contributed by atoms with van der Waals surface area (Å²) in [4.78, 5) is 40.1. The van der Waals surface area contributed by atoms with Crippen LogP contribution in [0.25, 0.3) is 0 Å². The van der Waals surface area contributed by atoms with Gasteiger partial charge in [-0.05, 0) is 67.6 Å². The van der Waals surface area contributed by atoms with E-state index in [0.29, 0.717) is 36.2 Å². The topological polar surface area (TPSA) is 174 Å². The number of para-hydroxylation sites is 1. The van der Waals surface area contributed by atoms with E-state index in [1.54, 1.807) is 19.9 Å². The minimum Gasteiger partial charge on any atom is -0.508 e. The van der Waals surface area contributed by atoms with Gasteiger partial charge < -0.3 is 30.5 Å². The Hall–Kier alpha value is -4.62. The Balaban J connectivity index is 1.65. The molecular formula is C37H48N4O8S. The zero-order valence-electron chi connectivity index (χ0n) is 29.1. The lowest BCUT2D eigenvalue weighted by atomic mass is 9.87. The zero-order valence-corrected chi connectivity index (χ0v) is 29.9. The van der Waals surface area contributed by atoms with Crippen molar-refractivity contribution in [2.75, 3.05) is 18.1 Å². The number of aryl methyl sites for hydroxylation is 1. The molecule has 0 radical (unpaired) electrons. The molecule has 1 aliphatic rings. The van der Waals surface area contributed by atoms with Gasteiger partial charge in [0.05, 0.1) is 11.2 Å². The number of hydrogen-bond donors (Lipinski definition) is 5. The number of phenolic OH excluding ortho intramolecular Hbond substituents is 1. The van der Waals surface area contributed by atoms with E-state index in [1.165, 1.54) is 30.3 Å². The summed E-state index contributed by atoms with van der Waals surface area (Å²) >= 11 is 0. The highest BCUT2D eigenvalue weighted by molar-refractivity contribution is 7.89. The van der Waals surface area contributed by atoms with Gasteiger partial charge in [0.1, 0.15) is 28.5 Å². The number of carbonyl (C=O) groups is 3. The molecule has 1 aliphatic heterocycles. The molecule has 0 saturated carbocycles. The number of benzene rings is 3. The van der Waals surface area contributed by atoms with Crippen molar-refractivity contribution >= 4 is 39.2 Å². The van der Waals surface area contributed by atoms with E-state index < -0.39 is 52.0 Å². The van der Waals surface area contributed by atoms with Crippen molar-refractivity contribution in [1.29, 1.82) is 0 Å². The lowest BCUT2D eigenvalue weighted by Gasteiger charge is -2.37. The number of hydrogen-bond acceptors (Lipinski definition) is 8. The molecule has 5 N–H and O–H groups in total. The van der Waals surface area contributed by atoms with Crippen LogP contribution in [0.1, 0.15) is 82.9 Å². The Morgan fingerprint density at radius 3 is 2.18 bits per heavy atom. The number of aromatic hydroxyl groups is 1. The van der Waals surface area contributed by atoms with Gasteiger partial charge in [-0.2, -0.15) is 0 Å². The highest BCUT2D eigenvalue weighted by Gasteiger charge is 2.42. The summed E-state index contributed by atoms with van der Waals surface area (Å²) in [5, 5.41) is 24.2. The van der Waals surface area contributed by atoms with Crippen LogP contribution in [-0.2, 0) is 24.4 Å². The van der Waals surface area contributed by atoms with Crippen LogP contribution in [0.4, 0.5) is 11.4 Å². The molecule has 50 heavy (non-hydrogen) atoms. The molecule has 2 unspecified atom stereocenters. The average Bonchev–Trinajstić information content (AvgIpc) is 3.18. The Kier molecular flexibility index (Phi) is 12.9. The number of ether oxygens (including phenoxy) is 1. The fraction of sp³-hybridized carbons (Fsp3) is 0.432. The Morgan fingerprint density at radius 2 is 1.60 bits per heavy atom. The normalized spacial score (nSPS) is 16.0. The molecule has 4 rings (SSSR count). The zero-order chi connectivity index (χ0) is 36.5. The predicted octanol–water partition coefficient (Wildman–Crippen LogP) is 5.47. The monoisotopic (exact) mass is 708 g/mol. The van der Waals surface area contributed by atoms with Crippen LogP contribution in [0.3, 0.4) is 0 Å². The van der Waals surface area contributed by atoms with Crippen LogP contribution in [0, 0.1) is 6.92 Å². The van der Waals surface area contributed by atoms with Gasteiger partial charge in [-0.1, -0.05) is 76.8 Å². The second-order valence-corrected chi connectivity index (χ2v) is 14.4. The molecule has 2 amide bonds. The molecule has 1 heterocycles. The van der Waals surface area contributed by atoms with Gasteiger partial charge in [-0.3, -0.25) is 9.59 Å². The molecule has 12 nitrogen and oxygen atoms in total. The number of nitrogens with one attached hydrogen (secondary N) is 3. The maximum absolute atomic E-state index is 14.2. The molecule has 2 atom stereocenters. The summed E-state index contributed by atoms with van der Waals surface area (Å²) in [6, 6.07) is 16.0. The maximum atomic E-state index is 14.2. The quantitative estimate of drug-likeness (QED) is 0.129. The highest BCUT2D eigenvalue weighted by Crippen LogP contribution is 2.42. The first-order valence-electron chi connectivity index (χ1n) is 17.1. The van der Waals surface area contributed by atoms with Crippen molar-refractivity contribution in [3.8, 4) is 11.5 Å². The minimum atomic E-state index is -4.05. The average molecular weight is 709 g/mol. The molecule has 0 saturated heterocycles. The van der Waals surface area contributed by atoms with Crippen molar-refractivity contribution in [3.05, 3.63) is 77.9 Å². The van der Waals surface area contributed by atoms with Gasteiger partial charge in [0.2, 0.25) is 15.9 Å². The van der Waals surface area contributed by atoms with Crippen molar-refractivity contribution < 1.29 is 37.8 Å². The minimum absolute atomic E-state index is 0.0258. The van der Waals surface area contributed by atoms with Crippen LogP contribution in [0.5, 0.6) is 11.5 Å². The third-order valence-corrected chi connectivity index (χ3v) is 10.5. The SMILES string of the molecule is CCCCC1(CCCC)CN(c2ccccc2)c2cc(C)c(OCC(=O)NC(C(=O)NC(CC)C(=O)O)c3ccc(O)cc3)cc2S(=O)(=O)N1. The first-order chi connectivity index (χ1) is 23.8. The van der Waals surface area contributed by atoms with Gasteiger partial charge in [-0.15, -0.1) is 0 Å². The van der Waals surface area contributed by atoms with E-state index in [2.05, 4.69) is 29.2 Å². The fourth-order valence-electron chi connectivity index (χ4n) is 6.16. The number of fused-ring (bicyclic) bond motifs is 1. The van der Waals surface area contributed by atoms with Crippen molar-refractivity contribution in [2.45, 2.75) is 95.2 Å². The summed E-state index contributed by atoms with van der Waals surface area (Å²) in [7, 11) is -4.05. The molecule has 0 bridgehead atoms. The standard InChI is InChI=1S/C37H48N4O8S/c1-5-8-19-37(20-9-6-2)24-41(27-13-11-10-12-14-27)30-21-25(4)31(22-32(30)50(47,48)40-37)49-23-33(43)39-34(26-15-17-28(42)18-16-26)35(44)38-29(7-3)36(45)46/h10-18,21-22,29,34,40,42H,5-9,19-20,23-24H2,1-4H3,(H,38,44)(H,39,43)(H,45,46). The first kappa shape index (κ1) is 38.2. The lowest BCUT2D eigenvalue weighted by Crippen LogP contribution is -2.53. The van der Waals surface area contributed by atoms with Gasteiger partial charge in [0.15, 0.2) is 6.61 Å². The second kappa shape index (κ2) is 16.9. The van der Waals surface area contributed by atoms with Gasteiger partial charge >= 0.3 is 5.97 Å². The third-order valence-electron chi connectivity index (χ3n) is 8.91. The smallest absolute Gasteiger partial charge is 0.326 e. The molecule has 13 heteroatoms. The van der Waals surface area contributed by atoms with Gasteiger partial charge in [-0.25, -0.2) is 17.9 Å². The van der Waals surface area contributed by atoms with Crippen molar-refractivity contribution in [1.82, 2.24) is 15.4 Å². The second-order valence-electron chi connectivity index (χ2n) is 12.8. The van der Waals surface area contributed by atoms with Crippen LogP contribution in [0.15, 0.2) is 71.6 Å². The number of carbonyl (C=O) groups excluding carboxylic acids is 2. The first-order valence-corrected chi connectivity index (χ1v) is 18.6. The molecule has 3 aromatic carbocycles. The fourth-order valence-corrected chi connectivity index (χ4v) is 7.81. The van der Waals surface area contributed by atoms with E-state index in [9.17, 15) is 33.0 Å². The van der Waals surface area contributed by atoms with Crippen molar-refractivity contribution in [3.63, 3.8) is 0 Å². The van der Waals surface area contributed by atoms with Gasteiger partial charge in [0.25, 0.3) is 5.91 Å². The van der Waals surface area contributed by atoms with E-state index in [0.717, 1.165) is 31.4 Å². The highest BCUT2D eigenvalue weighted by atomic mass is 32.2. The lowest BCUT2D eigenvalue weighted by molar-refractivity contribution is -0.142. The number of amides is 2. The number of carboxylic acids is 1. The number of unbranched alkanes of at least 4 members (excludes halogenated alkanes) is 2. The van der Waals surface area contributed by atoms with Crippen LogP contribution in [0.2, 0.25) is 0 Å². The Morgan fingerprint density at radius 1 is 0.960 bits per heavy atom. The number of aliphatic carboxylic acids is 1. The Labute approximate surface area is 294 Å². The van der Waals surface area contributed by atoms with Crippen LogP contribution >= 0.6 is 0 Å². The summed E-state index contributed by atoms with van der Waals surface area (Å²) in [5.41, 5.74) is 1.55. The van der Waals surface area contributed by atoms with Crippen LogP contribution in [-0.4, -0.2) is 61.1 Å². The summed E-state index contributed by atoms with van der Waals surface area (Å²) in [5.74, 6) is -2.56. The predicted molar refractivity (Wildman–Crippen MR) is 191 cm³/mol. The Bertz CT molecular complexity index is 1740. The van der Waals surface area contributed by atoms with E-state index in [4.69, 9.17) is 4.74 Å². The largest absolute Gasteiger partial charge is 0.508 e. The molecular weight excluding hydrogens is 660 g/mol. The van der Waals surface area contributed by atoms with Gasteiger partial charge in [0, 0.05) is 18.3 Å². The number of phenols is 1. The number of sulfonamides is 1. The number of rotatable bonds is 16. The van der Waals surface area contributed by atoms with E-state index >= 15 is 0 Å². The third kappa shape index (κ3) is 9.33. The molecule has 270 valence electrons. The van der Waals surface area contributed by atoms with Crippen molar-refractivity contribution in [2.24, 2.45) is 0 Å². The summed E-state index contributed by atoms with van der Waals surface area (Å²) < 4.78 is 37.4. The number of carboxylic acid groups (broad SMARTS) is 1. The summed E-state index contributed by atoms with van der Waals surface area (Å²) in [6.07, 6.45) is 5.00. The van der Waals surface area contributed by atoms with E-state index in [1.807, 2.05) is 35.2 Å². The van der Waals surface area contributed by atoms with Crippen LogP contribution < -0.4 is 25.0 Å². The molecule has 0 aliphatic carbocycles. The molecule has 0 aromatic heterocycles. The molecule has 3 aromatic rings. The van der Waals surface area contributed by atoms with E-state index in [-0.39, 0.29) is 22.8 Å². The number of anilines is 2. The maximum Gasteiger partial charge on any atom is 0.326 e.